The molecule has 1 aliphatic heterocycles. The van der Waals surface area contributed by atoms with Gasteiger partial charge in [0.05, 0.1) is 11.1 Å². The van der Waals surface area contributed by atoms with Gasteiger partial charge in [-0.2, -0.15) is 0 Å². The van der Waals surface area contributed by atoms with Crippen LogP contribution < -0.4 is 0 Å². The number of unbranched alkanes of at least 4 members (excludes halogenated alkanes) is 1. The van der Waals surface area contributed by atoms with Crippen molar-refractivity contribution in [2.24, 2.45) is 5.92 Å². The molecule has 1 aliphatic rings. The van der Waals surface area contributed by atoms with Crippen LogP contribution in [-0.4, -0.2) is 23.3 Å². The average molecular weight is 287 g/mol. The third-order valence-electron chi connectivity index (χ3n) is 4.57. The zero-order chi connectivity index (χ0) is 15.6. The number of amides is 2. The molecule has 1 aromatic rings. The Morgan fingerprint density at radius 1 is 1.00 bits per heavy atom. The first-order valence-electron chi connectivity index (χ1n) is 7.97. The van der Waals surface area contributed by atoms with Gasteiger partial charge in [-0.1, -0.05) is 33.1 Å². The van der Waals surface area contributed by atoms with Gasteiger partial charge in [0.25, 0.3) is 11.8 Å². The van der Waals surface area contributed by atoms with Crippen LogP contribution in [-0.2, 0) is 0 Å². The van der Waals surface area contributed by atoms with Crippen molar-refractivity contribution < 1.29 is 9.59 Å². The van der Waals surface area contributed by atoms with Crippen LogP contribution in [0.2, 0.25) is 0 Å². The van der Waals surface area contributed by atoms with Crippen molar-refractivity contribution in [3.05, 3.63) is 34.4 Å². The van der Waals surface area contributed by atoms with E-state index in [1.807, 2.05) is 26.0 Å². The van der Waals surface area contributed by atoms with E-state index in [-0.39, 0.29) is 11.8 Å². The zero-order valence-corrected chi connectivity index (χ0v) is 13.5. The van der Waals surface area contributed by atoms with Gasteiger partial charge in [0.1, 0.15) is 0 Å². The highest BCUT2D eigenvalue weighted by atomic mass is 16.2. The molecule has 0 saturated heterocycles. The molecule has 0 aromatic heterocycles. The van der Waals surface area contributed by atoms with Crippen LogP contribution in [0.1, 0.15) is 71.4 Å². The maximum absolute atomic E-state index is 12.5. The van der Waals surface area contributed by atoms with Gasteiger partial charge in [0, 0.05) is 6.54 Å². The van der Waals surface area contributed by atoms with Gasteiger partial charge >= 0.3 is 0 Å². The Morgan fingerprint density at radius 3 is 1.95 bits per heavy atom. The van der Waals surface area contributed by atoms with Crippen molar-refractivity contribution in [2.45, 2.75) is 53.4 Å². The van der Waals surface area contributed by atoms with Gasteiger partial charge < -0.3 is 0 Å². The molecule has 1 heterocycles. The van der Waals surface area contributed by atoms with Crippen molar-refractivity contribution in [3.8, 4) is 0 Å². The molecule has 21 heavy (non-hydrogen) atoms. The molecule has 114 valence electrons. The lowest BCUT2D eigenvalue weighted by atomic mass is 9.99. The molecule has 0 N–H and O–H groups in total. The summed E-state index contributed by atoms with van der Waals surface area (Å²) in [5.74, 6) is 0.176. The number of hydrogen-bond acceptors (Lipinski definition) is 2. The summed E-state index contributed by atoms with van der Waals surface area (Å²) in [7, 11) is 0. The summed E-state index contributed by atoms with van der Waals surface area (Å²) in [5.41, 5.74) is 3.28. The van der Waals surface area contributed by atoms with Gasteiger partial charge in [0.2, 0.25) is 0 Å². The summed E-state index contributed by atoms with van der Waals surface area (Å²) in [6, 6.07) is 3.72. The number of nitrogens with zero attached hydrogens (tertiary/aromatic N) is 1. The van der Waals surface area contributed by atoms with E-state index >= 15 is 0 Å². The Kier molecular flexibility index (Phi) is 4.81. The molecule has 2 amide bonds. The lowest BCUT2D eigenvalue weighted by Crippen LogP contribution is -2.34. The monoisotopic (exact) mass is 287 g/mol. The molecule has 2 rings (SSSR count). The minimum absolute atomic E-state index is 0.118. The summed E-state index contributed by atoms with van der Waals surface area (Å²) < 4.78 is 0. The quantitative estimate of drug-likeness (QED) is 0.738. The van der Waals surface area contributed by atoms with E-state index in [9.17, 15) is 9.59 Å². The van der Waals surface area contributed by atoms with Crippen LogP contribution >= 0.6 is 0 Å². The van der Waals surface area contributed by atoms with Gasteiger partial charge in [-0.25, -0.2) is 0 Å². The fraction of sp³-hybridized carbons (Fsp3) is 0.556. The molecule has 1 aromatic carbocycles. The SMILES string of the molecule is CCCCC(CC)CN1C(=O)c2cc(C)c(C)cc2C1=O. The van der Waals surface area contributed by atoms with Crippen LogP contribution in [0.4, 0.5) is 0 Å². The van der Waals surface area contributed by atoms with Crippen molar-refractivity contribution in [1.82, 2.24) is 4.90 Å². The molecular formula is C18H25NO2. The van der Waals surface area contributed by atoms with E-state index in [0.717, 1.165) is 36.8 Å². The second-order valence-electron chi connectivity index (χ2n) is 6.12. The third-order valence-corrected chi connectivity index (χ3v) is 4.57. The van der Waals surface area contributed by atoms with Crippen LogP contribution in [0.25, 0.3) is 0 Å². The van der Waals surface area contributed by atoms with Crippen molar-refractivity contribution >= 4 is 11.8 Å². The highest BCUT2D eigenvalue weighted by Crippen LogP contribution is 2.27. The van der Waals surface area contributed by atoms with Gasteiger partial charge in [-0.3, -0.25) is 14.5 Å². The van der Waals surface area contributed by atoms with E-state index in [0.29, 0.717) is 23.6 Å². The summed E-state index contributed by atoms with van der Waals surface area (Å²) >= 11 is 0. The second-order valence-corrected chi connectivity index (χ2v) is 6.12. The maximum atomic E-state index is 12.5. The molecule has 3 nitrogen and oxygen atoms in total. The summed E-state index contributed by atoms with van der Waals surface area (Å²) in [6.45, 7) is 8.81. The lowest BCUT2D eigenvalue weighted by molar-refractivity contribution is 0.0624. The zero-order valence-electron chi connectivity index (χ0n) is 13.5. The minimum atomic E-state index is -0.118. The Bertz CT molecular complexity index is 522. The second kappa shape index (κ2) is 6.42. The molecule has 0 fully saturated rings. The third kappa shape index (κ3) is 3.02. The molecular weight excluding hydrogens is 262 g/mol. The largest absolute Gasteiger partial charge is 0.274 e. The minimum Gasteiger partial charge on any atom is -0.274 e. The van der Waals surface area contributed by atoms with Crippen molar-refractivity contribution in [3.63, 3.8) is 0 Å². The first kappa shape index (κ1) is 15.7. The summed E-state index contributed by atoms with van der Waals surface area (Å²) in [4.78, 5) is 26.5. The predicted octanol–water partition coefficient (Wildman–Crippen LogP) is 4.12. The highest BCUT2D eigenvalue weighted by Gasteiger charge is 2.36. The molecule has 1 unspecified atom stereocenters. The lowest BCUT2D eigenvalue weighted by Gasteiger charge is -2.21. The summed E-state index contributed by atoms with van der Waals surface area (Å²) in [6.07, 6.45) is 4.39. The molecule has 0 saturated carbocycles. The van der Waals surface area contributed by atoms with E-state index in [1.165, 1.54) is 4.90 Å². The highest BCUT2D eigenvalue weighted by molar-refractivity contribution is 6.21. The Hall–Kier alpha value is -1.64. The number of benzene rings is 1. The number of imide groups is 1. The van der Waals surface area contributed by atoms with Crippen molar-refractivity contribution in [1.29, 1.82) is 0 Å². The first-order valence-corrected chi connectivity index (χ1v) is 7.97. The fourth-order valence-electron chi connectivity index (χ4n) is 2.89. The molecule has 0 spiro atoms. The Morgan fingerprint density at radius 2 is 1.52 bits per heavy atom. The number of fused-ring (bicyclic) bond motifs is 1. The van der Waals surface area contributed by atoms with Gasteiger partial charge in [-0.05, 0) is 49.4 Å². The van der Waals surface area contributed by atoms with Crippen LogP contribution in [0.3, 0.4) is 0 Å². The maximum Gasteiger partial charge on any atom is 0.261 e. The van der Waals surface area contributed by atoms with Crippen LogP contribution in [0.5, 0.6) is 0 Å². The molecule has 0 radical (unpaired) electrons. The van der Waals surface area contributed by atoms with Gasteiger partial charge in [-0.15, -0.1) is 0 Å². The Labute approximate surface area is 127 Å². The van der Waals surface area contributed by atoms with E-state index in [1.54, 1.807) is 0 Å². The number of hydrogen-bond donors (Lipinski definition) is 0. The van der Waals surface area contributed by atoms with E-state index in [4.69, 9.17) is 0 Å². The van der Waals surface area contributed by atoms with E-state index < -0.39 is 0 Å². The van der Waals surface area contributed by atoms with E-state index in [2.05, 4.69) is 13.8 Å². The molecule has 0 aliphatic carbocycles. The normalized spacial score (nSPS) is 15.5. The number of rotatable bonds is 6. The fourth-order valence-corrected chi connectivity index (χ4v) is 2.89. The standard InChI is InChI=1S/C18H25NO2/c1-5-7-8-14(6-2)11-19-17(20)15-9-12(3)13(4)10-16(15)18(19)21/h9-10,14H,5-8,11H2,1-4H3. The van der Waals surface area contributed by atoms with Crippen molar-refractivity contribution in [2.75, 3.05) is 6.54 Å². The molecule has 1 atom stereocenters. The Balaban J connectivity index is 2.21. The topological polar surface area (TPSA) is 37.4 Å². The molecule has 0 bridgehead atoms. The van der Waals surface area contributed by atoms with Crippen LogP contribution in [0, 0.1) is 19.8 Å². The molecule has 3 heteroatoms. The average Bonchev–Trinajstić information content (AvgIpc) is 2.68. The van der Waals surface area contributed by atoms with Crippen LogP contribution in [0.15, 0.2) is 12.1 Å². The smallest absolute Gasteiger partial charge is 0.261 e. The number of carbonyl (C=O) groups excluding carboxylic acids is 2. The first-order chi connectivity index (χ1) is 9.99. The predicted molar refractivity (Wildman–Crippen MR) is 84.6 cm³/mol. The number of carbonyl (C=O) groups is 2. The summed E-state index contributed by atoms with van der Waals surface area (Å²) in [5, 5.41) is 0. The number of aryl methyl sites for hydroxylation is 2. The van der Waals surface area contributed by atoms with Gasteiger partial charge in [0.15, 0.2) is 0 Å².